The number of rotatable bonds is 6. The second kappa shape index (κ2) is 6.52. The molecule has 0 spiro atoms. The minimum atomic E-state index is -0.383. The van der Waals surface area contributed by atoms with E-state index in [1.54, 1.807) is 19.1 Å². The SMILES string of the molecule is CCC(N)Cc1cccc(F)c1OCc1cc(C)on1. The Kier molecular flexibility index (Phi) is 4.74. The van der Waals surface area contributed by atoms with E-state index in [2.05, 4.69) is 5.16 Å². The fourth-order valence-corrected chi connectivity index (χ4v) is 1.93. The first-order valence-corrected chi connectivity index (χ1v) is 6.68. The van der Waals surface area contributed by atoms with Crippen LogP contribution in [-0.2, 0) is 13.0 Å². The Labute approximate surface area is 117 Å². The molecule has 1 atom stereocenters. The highest BCUT2D eigenvalue weighted by atomic mass is 19.1. The van der Waals surface area contributed by atoms with E-state index in [0.717, 1.165) is 12.0 Å². The van der Waals surface area contributed by atoms with Gasteiger partial charge in [0.25, 0.3) is 0 Å². The standard InChI is InChI=1S/C15H19FN2O2/c1-3-12(17)8-11-5-4-6-14(16)15(11)19-9-13-7-10(2)20-18-13/h4-7,12H,3,8-9,17H2,1-2H3. The summed E-state index contributed by atoms with van der Waals surface area (Å²) in [5.74, 6) is 0.563. The van der Waals surface area contributed by atoms with Crippen LogP contribution in [-0.4, -0.2) is 11.2 Å². The van der Waals surface area contributed by atoms with Gasteiger partial charge < -0.3 is 15.0 Å². The molecule has 5 heteroatoms. The van der Waals surface area contributed by atoms with Gasteiger partial charge in [0.1, 0.15) is 18.1 Å². The molecule has 1 unspecified atom stereocenters. The summed E-state index contributed by atoms with van der Waals surface area (Å²) in [6, 6.07) is 6.64. The maximum Gasteiger partial charge on any atom is 0.165 e. The van der Waals surface area contributed by atoms with Crippen LogP contribution >= 0.6 is 0 Å². The van der Waals surface area contributed by atoms with Crippen LogP contribution in [0.25, 0.3) is 0 Å². The number of ether oxygens (including phenoxy) is 1. The van der Waals surface area contributed by atoms with Crippen molar-refractivity contribution in [1.29, 1.82) is 0 Å². The van der Waals surface area contributed by atoms with Crippen molar-refractivity contribution >= 4 is 0 Å². The molecule has 1 aromatic heterocycles. The summed E-state index contributed by atoms with van der Waals surface area (Å²) in [5, 5.41) is 3.82. The van der Waals surface area contributed by atoms with Crippen molar-refractivity contribution in [3.63, 3.8) is 0 Å². The van der Waals surface area contributed by atoms with E-state index in [1.165, 1.54) is 6.07 Å². The van der Waals surface area contributed by atoms with Crippen molar-refractivity contribution in [2.45, 2.75) is 39.3 Å². The smallest absolute Gasteiger partial charge is 0.165 e. The zero-order chi connectivity index (χ0) is 14.5. The third-order valence-corrected chi connectivity index (χ3v) is 3.10. The fourth-order valence-electron chi connectivity index (χ4n) is 1.93. The van der Waals surface area contributed by atoms with Crippen molar-refractivity contribution in [3.05, 3.63) is 47.1 Å². The van der Waals surface area contributed by atoms with Gasteiger partial charge in [0.15, 0.2) is 11.6 Å². The highest BCUT2D eigenvalue weighted by Gasteiger charge is 2.13. The number of benzene rings is 1. The number of nitrogens with zero attached hydrogens (tertiary/aromatic N) is 1. The van der Waals surface area contributed by atoms with Crippen LogP contribution in [0.5, 0.6) is 5.75 Å². The lowest BCUT2D eigenvalue weighted by atomic mass is 10.0. The molecule has 0 saturated carbocycles. The minimum absolute atomic E-state index is 0.00607. The largest absolute Gasteiger partial charge is 0.484 e. The molecule has 1 aromatic carbocycles. The van der Waals surface area contributed by atoms with Gasteiger partial charge in [-0.1, -0.05) is 24.2 Å². The molecular weight excluding hydrogens is 259 g/mol. The highest BCUT2D eigenvalue weighted by molar-refractivity contribution is 5.35. The molecule has 0 fully saturated rings. The first-order chi connectivity index (χ1) is 9.60. The minimum Gasteiger partial charge on any atom is -0.484 e. The third kappa shape index (κ3) is 3.57. The van der Waals surface area contributed by atoms with Crippen molar-refractivity contribution < 1.29 is 13.7 Å². The first kappa shape index (κ1) is 14.5. The van der Waals surface area contributed by atoms with E-state index in [1.807, 2.05) is 13.0 Å². The molecule has 2 aromatic rings. The lowest BCUT2D eigenvalue weighted by molar-refractivity contribution is 0.271. The average molecular weight is 278 g/mol. The monoisotopic (exact) mass is 278 g/mol. The van der Waals surface area contributed by atoms with Gasteiger partial charge in [-0.2, -0.15) is 0 Å². The van der Waals surface area contributed by atoms with Gasteiger partial charge in [0.2, 0.25) is 0 Å². The van der Waals surface area contributed by atoms with E-state index in [4.69, 9.17) is 15.0 Å². The molecule has 20 heavy (non-hydrogen) atoms. The summed E-state index contributed by atoms with van der Waals surface area (Å²) in [4.78, 5) is 0. The Morgan fingerprint density at radius 1 is 1.45 bits per heavy atom. The normalized spacial score (nSPS) is 12.4. The fraction of sp³-hybridized carbons (Fsp3) is 0.400. The van der Waals surface area contributed by atoms with Crippen LogP contribution in [0.2, 0.25) is 0 Å². The molecule has 2 rings (SSSR count). The van der Waals surface area contributed by atoms with Gasteiger partial charge in [-0.3, -0.25) is 0 Å². The Bertz CT molecular complexity index is 569. The molecule has 0 bridgehead atoms. The molecule has 0 aliphatic heterocycles. The van der Waals surface area contributed by atoms with Gasteiger partial charge in [0, 0.05) is 12.1 Å². The number of halogens is 1. The molecule has 108 valence electrons. The quantitative estimate of drug-likeness (QED) is 0.882. The Morgan fingerprint density at radius 3 is 2.90 bits per heavy atom. The third-order valence-electron chi connectivity index (χ3n) is 3.10. The second-order valence-corrected chi connectivity index (χ2v) is 4.82. The molecule has 0 aliphatic rings. The van der Waals surface area contributed by atoms with Crippen LogP contribution in [0, 0.1) is 12.7 Å². The summed E-state index contributed by atoms with van der Waals surface area (Å²) < 4.78 is 24.4. The first-order valence-electron chi connectivity index (χ1n) is 6.68. The van der Waals surface area contributed by atoms with Crippen molar-refractivity contribution in [3.8, 4) is 5.75 Å². The average Bonchev–Trinajstić information content (AvgIpc) is 2.83. The Hall–Kier alpha value is -1.88. The Balaban J connectivity index is 2.12. The summed E-state index contributed by atoms with van der Waals surface area (Å²) >= 11 is 0. The molecule has 0 aliphatic carbocycles. The molecule has 0 saturated heterocycles. The van der Waals surface area contributed by atoms with E-state index < -0.39 is 0 Å². The maximum absolute atomic E-state index is 13.9. The van der Waals surface area contributed by atoms with E-state index in [9.17, 15) is 4.39 Å². The maximum atomic E-state index is 13.9. The van der Waals surface area contributed by atoms with E-state index >= 15 is 0 Å². The second-order valence-electron chi connectivity index (χ2n) is 4.82. The summed E-state index contributed by atoms with van der Waals surface area (Å²) in [6.45, 7) is 3.97. The highest BCUT2D eigenvalue weighted by Crippen LogP contribution is 2.25. The molecule has 2 N–H and O–H groups in total. The molecule has 0 radical (unpaired) electrons. The van der Waals surface area contributed by atoms with Gasteiger partial charge in [0.05, 0.1) is 0 Å². The van der Waals surface area contributed by atoms with E-state index in [0.29, 0.717) is 17.9 Å². The molecule has 0 amide bonds. The van der Waals surface area contributed by atoms with Crippen LogP contribution in [0.3, 0.4) is 0 Å². The van der Waals surface area contributed by atoms with Crippen LogP contribution in [0.1, 0.15) is 30.4 Å². The predicted molar refractivity (Wildman–Crippen MR) is 73.9 cm³/mol. The lowest BCUT2D eigenvalue weighted by Crippen LogP contribution is -2.22. The van der Waals surface area contributed by atoms with Gasteiger partial charge in [-0.15, -0.1) is 0 Å². The zero-order valence-electron chi connectivity index (χ0n) is 11.7. The van der Waals surface area contributed by atoms with Gasteiger partial charge in [-0.25, -0.2) is 4.39 Å². The summed E-state index contributed by atoms with van der Waals surface area (Å²) in [5.41, 5.74) is 7.34. The molecular formula is C15H19FN2O2. The summed E-state index contributed by atoms with van der Waals surface area (Å²) in [6.07, 6.45) is 1.42. The number of hydrogen-bond acceptors (Lipinski definition) is 4. The van der Waals surface area contributed by atoms with Gasteiger partial charge in [-0.05, 0) is 31.4 Å². The zero-order valence-corrected chi connectivity index (χ0v) is 11.7. The predicted octanol–water partition coefficient (Wildman–Crippen LogP) is 2.98. The van der Waals surface area contributed by atoms with Crippen LogP contribution in [0.15, 0.2) is 28.8 Å². The number of hydrogen-bond donors (Lipinski definition) is 1. The number of nitrogens with two attached hydrogens (primary N) is 1. The summed E-state index contributed by atoms with van der Waals surface area (Å²) in [7, 11) is 0. The van der Waals surface area contributed by atoms with Crippen LogP contribution in [0.4, 0.5) is 4.39 Å². The number of para-hydroxylation sites is 1. The lowest BCUT2D eigenvalue weighted by Gasteiger charge is -2.14. The van der Waals surface area contributed by atoms with Gasteiger partial charge >= 0.3 is 0 Å². The topological polar surface area (TPSA) is 61.3 Å². The Morgan fingerprint density at radius 2 is 2.25 bits per heavy atom. The van der Waals surface area contributed by atoms with E-state index in [-0.39, 0.29) is 24.2 Å². The van der Waals surface area contributed by atoms with Crippen molar-refractivity contribution in [1.82, 2.24) is 5.16 Å². The van der Waals surface area contributed by atoms with Crippen molar-refractivity contribution in [2.24, 2.45) is 5.73 Å². The van der Waals surface area contributed by atoms with Crippen LogP contribution < -0.4 is 10.5 Å². The number of aromatic nitrogens is 1. The number of aryl methyl sites for hydroxylation is 1. The molecule has 4 nitrogen and oxygen atoms in total. The molecule has 1 heterocycles. The van der Waals surface area contributed by atoms with Crippen molar-refractivity contribution in [2.75, 3.05) is 0 Å².